The van der Waals surface area contributed by atoms with Crippen molar-refractivity contribution in [3.05, 3.63) is 78.9 Å². The van der Waals surface area contributed by atoms with Crippen LogP contribution >= 0.6 is 0 Å². The van der Waals surface area contributed by atoms with Gasteiger partial charge >= 0.3 is 0 Å². The molecule has 32 heavy (non-hydrogen) atoms. The molecule has 0 aliphatic carbocycles. The topological polar surface area (TPSA) is 83.9 Å². The van der Waals surface area contributed by atoms with Crippen molar-refractivity contribution < 1.29 is 4.79 Å². The molecule has 6 rings (SSSR count). The average molecular weight is 422 g/mol. The summed E-state index contributed by atoms with van der Waals surface area (Å²) in [5.74, 6) is 0.146. The summed E-state index contributed by atoms with van der Waals surface area (Å²) in [5, 5.41) is 5.50. The first-order chi connectivity index (χ1) is 15.8. The van der Waals surface area contributed by atoms with Crippen LogP contribution in [-0.2, 0) is 16.8 Å². The zero-order valence-corrected chi connectivity index (χ0v) is 17.5. The van der Waals surface area contributed by atoms with Crippen LogP contribution in [0.5, 0.6) is 0 Å². The number of benzene rings is 1. The number of fused-ring (bicyclic) bond motifs is 3. The molecule has 3 aromatic heterocycles. The van der Waals surface area contributed by atoms with Gasteiger partial charge in [0.1, 0.15) is 6.33 Å². The minimum absolute atomic E-state index is 0.146. The van der Waals surface area contributed by atoms with Crippen molar-refractivity contribution >= 4 is 22.4 Å². The lowest BCUT2D eigenvalue weighted by Crippen LogP contribution is -2.47. The summed E-state index contributed by atoms with van der Waals surface area (Å²) in [6, 6.07) is 10.2. The van der Waals surface area contributed by atoms with E-state index in [1.54, 1.807) is 18.6 Å². The molecule has 1 aromatic carbocycles. The van der Waals surface area contributed by atoms with Crippen LogP contribution < -0.4 is 10.2 Å². The number of hydrogen-bond acceptors (Lipinski definition) is 6. The molecule has 0 saturated carbocycles. The molecule has 1 saturated heterocycles. The highest BCUT2D eigenvalue weighted by atomic mass is 16.2. The van der Waals surface area contributed by atoms with Crippen molar-refractivity contribution in [3.8, 4) is 11.1 Å². The van der Waals surface area contributed by atoms with Gasteiger partial charge in [0.2, 0.25) is 5.91 Å². The summed E-state index contributed by atoms with van der Waals surface area (Å²) in [5.41, 5.74) is 4.19. The molecule has 158 valence electrons. The van der Waals surface area contributed by atoms with Crippen LogP contribution in [0.3, 0.4) is 0 Å². The molecule has 0 atom stereocenters. The van der Waals surface area contributed by atoms with Gasteiger partial charge in [0.15, 0.2) is 0 Å². The molecular formula is C25H22N6O. The predicted molar refractivity (Wildman–Crippen MR) is 122 cm³/mol. The van der Waals surface area contributed by atoms with Gasteiger partial charge in [-0.2, -0.15) is 0 Å². The van der Waals surface area contributed by atoms with Gasteiger partial charge in [-0.1, -0.05) is 24.3 Å². The summed E-state index contributed by atoms with van der Waals surface area (Å²) in [6.45, 7) is 2.05. The van der Waals surface area contributed by atoms with Crippen LogP contribution in [0.1, 0.15) is 24.1 Å². The lowest BCUT2D eigenvalue weighted by Gasteiger charge is -2.33. The summed E-state index contributed by atoms with van der Waals surface area (Å²) >= 11 is 0. The van der Waals surface area contributed by atoms with Crippen LogP contribution in [0.15, 0.2) is 67.6 Å². The van der Waals surface area contributed by atoms with Crippen molar-refractivity contribution in [1.29, 1.82) is 0 Å². The first kappa shape index (κ1) is 19.0. The quantitative estimate of drug-likeness (QED) is 0.546. The number of nitrogens with zero attached hydrogens (tertiary/aromatic N) is 5. The van der Waals surface area contributed by atoms with E-state index in [2.05, 4.69) is 26.3 Å². The molecule has 5 heterocycles. The number of rotatable bonds is 3. The SMILES string of the molecule is O=C1N(Cc2ncc3ccccc3c2-c2cncnc2)c2cnccc2C12CCNCC2. The van der Waals surface area contributed by atoms with Gasteiger partial charge in [-0.25, -0.2) is 9.97 Å². The molecule has 2 aliphatic heterocycles. The number of hydrogen-bond donors (Lipinski definition) is 1. The van der Waals surface area contributed by atoms with E-state index in [0.717, 1.165) is 64.8 Å². The first-order valence-corrected chi connectivity index (χ1v) is 10.9. The average Bonchev–Trinajstić information content (AvgIpc) is 3.07. The molecule has 0 unspecified atom stereocenters. The largest absolute Gasteiger partial charge is 0.317 e. The number of carbonyl (C=O) groups excluding carboxylic acids is 1. The summed E-state index contributed by atoms with van der Waals surface area (Å²) in [4.78, 5) is 33.3. The number of nitrogens with one attached hydrogen (secondary N) is 1. The lowest BCUT2D eigenvalue weighted by atomic mass is 9.74. The molecule has 1 amide bonds. The Balaban J connectivity index is 1.50. The van der Waals surface area contributed by atoms with Crippen molar-refractivity contribution in [1.82, 2.24) is 25.3 Å². The Morgan fingerprint density at radius 1 is 0.969 bits per heavy atom. The Labute approximate surface area is 185 Å². The Bertz CT molecular complexity index is 1320. The fourth-order valence-electron chi connectivity index (χ4n) is 5.21. The summed E-state index contributed by atoms with van der Waals surface area (Å²) in [6.07, 6.45) is 12.2. The standard InChI is InChI=1S/C25H22N6O/c32-24-25(6-9-26-10-7-25)20-5-8-27-14-22(20)31(24)15-21-23(18-11-28-16-29-12-18)19-4-2-1-3-17(19)13-30-21/h1-5,8,11-14,16,26H,6-7,9-10,15H2. The smallest absolute Gasteiger partial charge is 0.238 e. The van der Waals surface area contributed by atoms with E-state index in [-0.39, 0.29) is 5.91 Å². The second-order valence-corrected chi connectivity index (χ2v) is 8.41. The van der Waals surface area contributed by atoms with Crippen molar-refractivity contribution in [3.63, 3.8) is 0 Å². The molecule has 1 N–H and O–H groups in total. The van der Waals surface area contributed by atoms with Crippen molar-refractivity contribution in [2.45, 2.75) is 24.8 Å². The second-order valence-electron chi connectivity index (χ2n) is 8.41. The van der Waals surface area contributed by atoms with E-state index in [0.29, 0.717) is 6.54 Å². The van der Waals surface area contributed by atoms with Gasteiger partial charge in [-0.3, -0.25) is 14.8 Å². The van der Waals surface area contributed by atoms with Gasteiger partial charge in [0.25, 0.3) is 0 Å². The van der Waals surface area contributed by atoms with Gasteiger partial charge in [0, 0.05) is 41.3 Å². The third-order valence-electron chi connectivity index (χ3n) is 6.75. The molecule has 7 nitrogen and oxygen atoms in total. The number of piperidine rings is 1. The molecule has 7 heteroatoms. The molecule has 4 aromatic rings. The normalized spacial score (nSPS) is 17.1. The number of pyridine rings is 2. The highest BCUT2D eigenvalue weighted by molar-refractivity contribution is 6.08. The van der Waals surface area contributed by atoms with Gasteiger partial charge in [-0.05, 0) is 42.9 Å². The Hall–Kier alpha value is -3.71. The number of anilines is 1. The van der Waals surface area contributed by atoms with Crippen LogP contribution in [0.25, 0.3) is 21.9 Å². The van der Waals surface area contributed by atoms with E-state index in [1.807, 2.05) is 41.6 Å². The predicted octanol–water partition coefficient (Wildman–Crippen LogP) is 3.25. The third-order valence-corrected chi connectivity index (χ3v) is 6.75. The molecule has 0 bridgehead atoms. The Kier molecular flexibility index (Phi) is 4.43. The number of amides is 1. The van der Waals surface area contributed by atoms with E-state index >= 15 is 0 Å². The van der Waals surface area contributed by atoms with Gasteiger partial charge in [0.05, 0.1) is 29.5 Å². The van der Waals surface area contributed by atoms with Gasteiger partial charge < -0.3 is 10.2 Å². The Morgan fingerprint density at radius 3 is 2.62 bits per heavy atom. The fourth-order valence-corrected chi connectivity index (χ4v) is 5.21. The molecule has 0 radical (unpaired) electrons. The maximum Gasteiger partial charge on any atom is 0.238 e. The van der Waals surface area contributed by atoms with E-state index in [9.17, 15) is 4.79 Å². The van der Waals surface area contributed by atoms with Crippen LogP contribution in [0.4, 0.5) is 5.69 Å². The van der Waals surface area contributed by atoms with Crippen LogP contribution in [0, 0.1) is 0 Å². The molecule has 2 aliphatic rings. The van der Waals surface area contributed by atoms with E-state index in [1.165, 1.54) is 6.33 Å². The fraction of sp³-hybridized carbons (Fsp3) is 0.240. The highest BCUT2D eigenvalue weighted by Gasteiger charge is 2.51. The Morgan fingerprint density at radius 2 is 1.78 bits per heavy atom. The zero-order chi connectivity index (χ0) is 21.5. The second kappa shape index (κ2) is 7.46. The minimum Gasteiger partial charge on any atom is -0.317 e. The maximum absolute atomic E-state index is 13.9. The number of carbonyl (C=O) groups is 1. The summed E-state index contributed by atoms with van der Waals surface area (Å²) < 4.78 is 0. The number of aromatic nitrogens is 4. The van der Waals surface area contributed by atoms with Crippen LogP contribution in [0.2, 0.25) is 0 Å². The van der Waals surface area contributed by atoms with Gasteiger partial charge in [-0.15, -0.1) is 0 Å². The van der Waals surface area contributed by atoms with Crippen LogP contribution in [-0.4, -0.2) is 38.9 Å². The van der Waals surface area contributed by atoms with E-state index in [4.69, 9.17) is 4.98 Å². The molecule has 1 fully saturated rings. The minimum atomic E-state index is -0.476. The maximum atomic E-state index is 13.9. The monoisotopic (exact) mass is 422 g/mol. The van der Waals surface area contributed by atoms with Crippen molar-refractivity contribution in [2.24, 2.45) is 0 Å². The lowest BCUT2D eigenvalue weighted by molar-refractivity contribution is -0.124. The highest BCUT2D eigenvalue weighted by Crippen LogP contribution is 2.47. The summed E-state index contributed by atoms with van der Waals surface area (Å²) in [7, 11) is 0. The zero-order valence-electron chi connectivity index (χ0n) is 17.5. The first-order valence-electron chi connectivity index (χ1n) is 10.9. The third kappa shape index (κ3) is 2.81. The molecular weight excluding hydrogens is 400 g/mol. The molecule has 1 spiro atoms. The van der Waals surface area contributed by atoms with Crippen molar-refractivity contribution in [2.75, 3.05) is 18.0 Å². The van der Waals surface area contributed by atoms with E-state index < -0.39 is 5.41 Å².